The molecule has 0 N–H and O–H groups in total. The molecule has 36 heavy (non-hydrogen) atoms. The molecule has 0 fully saturated rings. The summed E-state index contributed by atoms with van der Waals surface area (Å²) >= 11 is 0. The highest BCUT2D eigenvalue weighted by atomic mass is 16.2. The minimum atomic E-state index is 0.247. The molecule has 4 rings (SSSR count). The number of para-hydroxylation sites is 1. The van der Waals surface area contributed by atoms with Crippen LogP contribution in [0.4, 0.5) is 5.69 Å². The number of hydrogen-bond acceptors (Lipinski definition) is 3. The number of anilines is 1. The number of benzene rings is 2. The van der Waals surface area contributed by atoms with Crippen molar-refractivity contribution < 1.29 is 4.79 Å². The first-order chi connectivity index (χ1) is 17.5. The molecule has 1 aliphatic rings. The lowest BCUT2D eigenvalue weighted by molar-refractivity contribution is -0.131. The smallest absolute Gasteiger partial charge is 0.223 e. The van der Waals surface area contributed by atoms with Gasteiger partial charge in [0, 0.05) is 51.0 Å². The van der Waals surface area contributed by atoms with E-state index in [1.807, 2.05) is 18.7 Å². The van der Waals surface area contributed by atoms with Gasteiger partial charge in [-0.05, 0) is 55.9 Å². The van der Waals surface area contributed by atoms with Gasteiger partial charge in [0.2, 0.25) is 5.91 Å². The summed E-state index contributed by atoms with van der Waals surface area (Å²) in [6.45, 7) is 7.58. The molecule has 0 spiro atoms. The predicted molar refractivity (Wildman–Crippen MR) is 148 cm³/mol. The maximum atomic E-state index is 13.6. The Labute approximate surface area is 217 Å². The van der Waals surface area contributed by atoms with Gasteiger partial charge in [0.25, 0.3) is 0 Å². The molecule has 2 heterocycles. The summed E-state index contributed by atoms with van der Waals surface area (Å²) in [6.07, 6.45) is 8.54. The monoisotopic (exact) mass is 486 g/mol. The second-order valence-electron chi connectivity index (χ2n) is 10.2. The molecule has 2 aromatic carbocycles. The first kappa shape index (κ1) is 26.0. The van der Waals surface area contributed by atoms with Gasteiger partial charge in [0.1, 0.15) is 0 Å². The molecular formula is C31H42N4O. The van der Waals surface area contributed by atoms with Crippen molar-refractivity contribution in [1.29, 1.82) is 0 Å². The van der Waals surface area contributed by atoms with Crippen LogP contribution >= 0.6 is 0 Å². The van der Waals surface area contributed by atoms with Crippen LogP contribution in [-0.4, -0.2) is 33.7 Å². The number of carbonyl (C=O) groups is 1. The highest BCUT2D eigenvalue weighted by Crippen LogP contribution is 2.26. The summed E-state index contributed by atoms with van der Waals surface area (Å²) < 4.78 is 1.92. The van der Waals surface area contributed by atoms with Crippen molar-refractivity contribution in [2.75, 3.05) is 18.0 Å². The Hall–Kier alpha value is -3.08. The Bertz CT molecular complexity index is 1120. The maximum absolute atomic E-state index is 13.6. The molecule has 0 bridgehead atoms. The number of hydrogen-bond donors (Lipinski definition) is 0. The van der Waals surface area contributed by atoms with Crippen molar-refractivity contribution in [3.63, 3.8) is 0 Å². The molecule has 0 radical (unpaired) electrons. The Morgan fingerprint density at radius 1 is 0.861 bits per heavy atom. The van der Waals surface area contributed by atoms with E-state index in [4.69, 9.17) is 0 Å². The molecule has 5 heteroatoms. The van der Waals surface area contributed by atoms with E-state index in [0.29, 0.717) is 13.0 Å². The highest BCUT2D eigenvalue weighted by Gasteiger charge is 2.20. The van der Waals surface area contributed by atoms with E-state index in [9.17, 15) is 4.79 Å². The van der Waals surface area contributed by atoms with Gasteiger partial charge in [-0.1, -0.05) is 74.2 Å². The van der Waals surface area contributed by atoms with Crippen LogP contribution in [0.2, 0.25) is 0 Å². The fraction of sp³-hybridized carbons (Fsp3) is 0.484. The van der Waals surface area contributed by atoms with Crippen LogP contribution in [0.5, 0.6) is 0 Å². The largest absolute Gasteiger partial charge is 0.367 e. The summed E-state index contributed by atoms with van der Waals surface area (Å²) in [5.74, 6) is 0.247. The minimum absolute atomic E-state index is 0.247. The molecule has 0 atom stereocenters. The van der Waals surface area contributed by atoms with Crippen molar-refractivity contribution in [2.24, 2.45) is 7.05 Å². The third-order valence-electron chi connectivity index (χ3n) is 7.62. The Kier molecular flexibility index (Phi) is 9.21. The molecule has 1 aliphatic heterocycles. The van der Waals surface area contributed by atoms with Gasteiger partial charge in [-0.3, -0.25) is 9.48 Å². The molecule has 1 aromatic heterocycles. The van der Waals surface area contributed by atoms with Crippen LogP contribution in [0.25, 0.3) is 0 Å². The number of fused-ring (bicyclic) bond motifs is 1. The van der Waals surface area contributed by atoms with E-state index in [1.54, 1.807) is 0 Å². The third-order valence-corrected chi connectivity index (χ3v) is 7.62. The molecule has 1 amide bonds. The fourth-order valence-electron chi connectivity index (χ4n) is 5.42. The summed E-state index contributed by atoms with van der Waals surface area (Å²) in [5, 5.41) is 4.54. The molecule has 3 aromatic rings. The average Bonchev–Trinajstić information content (AvgIpc) is 3.14. The van der Waals surface area contributed by atoms with Gasteiger partial charge in [-0.15, -0.1) is 0 Å². The number of aryl methyl sites for hydroxylation is 2. The van der Waals surface area contributed by atoms with E-state index >= 15 is 0 Å². The second kappa shape index (κ2) is 12.8. The van der Waals surface area contributed by atoms with Crippen LogP contribution in [0, 0.1) is 13.8 Å². The number of aromatic nitrogens is 2. The fourth-order valence-corrected chi connectivity index (χ4v) is 5.42. The van der Waals surface area contributed by atoms with E-state index < -0.39 is 0 Å². The quantitative estimate of drug-likeness (QED) is 0.421. The highest BCUT2D eigenvalue weighted by molar-refractivity contribution is 5.77. The molecular weight excluding hydrogens is 444 g/mol. The van der Waals surface area contributed by atoms with Gasteiger partial charge in [-0.2, -0.15) is 5.10 Å². The molecule has 5 nitrogen and oxygen atoms in total. The van der Waals surface area contributed by atoms with Crippen molar-refractivity contribution in [1.82, 2.24) is 14.7 Å². The number of nitrogens with zero attached hydrogens (tertiary/aromatic N) is 4. The zero-order valence-electron chi connectivity index (χ0n) is 22.4. The Morgan fingerprint density at radius 3 is 2.25 bits per heavy atom. The van der Waals surface area contributed by atoms with E-state index in [-0.39, 0.29) is 5.91 Å². The van der Waals surface area contributed by atoms with Gasteiger partial charge in [0.05, 0.1) is 5.69 Å². The van der Waals surface area contributed by atoms with Crippen LogP contribution in [0.1, 0.15) is 73.0 Å². The normalized spacial score (nSPS) is 15.5. The second-order valence-corrected chi connectivity index (χ2v) is 10.2. The summed E-state index contributed by atoms with van der Waals surface area (Å²) in [7, 11) is 1.98. The van der Waals surface area contributed by atoms with E-state index in [0.717, 1.165) is 43.9 Å². The molecule has 0 unspecified atom stereocenters. The van der Waals surface area contributed by atoms with Crippen molar-refractivity contribution in [3.05, 3.63) is 82.7 Å². The predicted octanol–water partition coefficient (Wildman–Crippen LogP) is 6.36. The van der Waals surface area contributed by atoms with Crippen LogP contribution < -0.4 is 4.90 Å². The van der Waals surface area contributed by atoms with Crippen molar-refractivity contribution in [2.45, 2.75) is 78.3 Å². The molecule has 0 saturated heterocycles. The van der Waals surface area contributed by atoms with Gasteiger partial charge >= 0.3 is 0 Å². The first-order valence-corrected chi connectivity index (χ1v) is 13.7. The zero-order chi connectivity index (χ0) is 25.3. The molecule has 192 valence electrons. The molecule has 0 aliphatic carbocycles. The summed E-state index contributed by atoms with van der Waals surface area (Å²) in [6, 6.07) is 19.4. The van der Waals surface area contributed by atoms with E-state index in [2.05, 4.69) is 76.4 Å². The van der Waals surface area contributed by atoms with Crippen LogP contribution in [-0.2, 0) is 31.4 Å². The zero-order valence-corrected chi connectivity index (χ0v) is 22.4. The number of rotatable bonds is 5. The number of carbonyl (C=O) groups excluding carboxylic acids is 1. The van der Waals surface area contributed by atoms with Crippen molar-refractivity contribution in [3.8, 4) is 0 Å². The van der Waals surface area contributed by atoms with Gasteiger partial charge < -0.3 is 9.80 Å². The molecule has 0 saturated carbocycles. The standard InChI is InChI=1S/C31H42N4O/c1-25-29(26(2)33(3)32-25)19-20-31(36)35-22-14-7-5-4-6-13-21-34(23-27-15-9-8-10-16-27)30-18-12-11-17-28(30)24-35/h8-12,15-18H,4-7,13-14,19-24H2,1-3H3. The maximum Gasteiger partial charge on any atom is 0.223 e. The third kappa shape index (κ3) is 6.77. The lowest BCUT2D eigenvalue weighted by atomic mass is 10.1. The van der Waals surface area contributed by atoms with Gasteiger partial charge in [0.15, 0.2) is 0 Å². The first-order valence-electron chi connectivity index (χ1n) is 13.7. The average molecular weight is 487 g/mol. The summed E-state index contributed by atoms with van der Waals surface area (Å²) in [4.78, 5) is 18.2. The minimum Gasteiger partial charge on any atom is -0.367 e. The van der Waals surface area contributed by atoms with Crippen LogP contribution in [0.3, 0.4) is 0 Å². The topological polar surface area (TPSA) is 41.4 Å². The SMILES string of the molecule is Cc1nn(C)c(C)c1CCC(=O)N1CCCCCCCCN(Cc2ccccc2)c2ccccc2C1. The lowest BCUT2D eigenvalue weighted by Gasteiger charge is -2.30. The van der Waals surface area contributed by atoms with E-state index in [1.165, 1.54) is 54.5 Å². The summed E-state index contributed by atoms with van der Waals surface area (Å²) in [5.41, 5.74) is 7.24. The Balaban J connectivity index is 1.55. The Morgan fingerprint density at radius 2 is 1.53 bits per heavy atom. The lowest BCUT2D eigenvalue weighted by Crippen LogP contribution is -2.33. The van der Waals surface area contributed by atoms with Crippen LogP contribution in [0.15, 0.2) is 54.6 Å². The number of amides is 1. The van der Waals surface area contributed by atoms with Gasteiger partial charge in [-0.25, -0.2) is 0 Å². The van der Waals surface area contributed by atoms with Crippen molar-refractivity contribution >= 4 is 11.6 Å².